The minimum Gasteiger partial charge on any atom is -0.311 e. The van der Waals surface area contributed by atoms with Crippen LogP contribution in [0.2, 0.25) is 0 Å². The van der Waals surface area contributed by atoms with E-state index in [1.807, 2.05) is 0 Å². The van der Waals surface area contributed by atoms with Crippen molar-refractivity contribution in [1.29, 1.82) is 0 Å². The second kappa shape index (κ2) is 4.22. The van der Waals surface area contributed by atoms with Gasteiger partial charge in [0.1, 0.15) is 5.69 Å². The number of aromatic nitrogens is 3. The number of hydrogen-bond donors (Lipinski definition) is 1. The molecule has 2 saturated heterocycles. The number of hydrogen-bond acceptors (Lipinski definition) is 4. The third kappa shape index (κ3) is 2.11. The number of nitrogens with zero attached hydrogens (tertiary/aromatic N) is 3. The number of rotatable bonds is 3. The second-order valence-corrected chi connectivity index (χ2v) is 5.35. The summed E-state index contributed by atoms with van der Waals surface area (Å²) in [7, 11) is 1.77. The van der Waals surface area contributed by atoms with Crippen molar-refractivity contribution in [2.45, 2.75) is 44.2 Å². The van der Waals surface area contributed by atoms with Crippen molar-refractivity contribution >= 4 is 5.78 Å². The Labute approximate surface area is 101 Å². The van der Waals surface area contributed by atoms with Crippen LogP contribution >= 0.6 is 0 Å². The summed E-state index contributed by atoms with van der Waals surface area (Å²) in [6, 6.07) is 1.30. The van der Waals surface area contributed by atoms with E-state index in [1.165, 1.54) is 12.8 Å². The molecule has 3 heterocycles. The van der Waals surface area contributed by atoms with Gasteiger partial charge in [-0.1, -0.05) is 5.21 Å². The average Bonchev–Trinajstić information content (AvgIpc) is 2.85. The molecule has 2 aliphatic rings. The highest BCUT2D eigenvalue weighted by Crippen LogP contribution is 2.33. The summed E-state index contributed by atoms with van der Waals surface area (Å²) in [6.45, 7) is 0. The number of fused-ring (bicyclic) bond motifs is 2. The number of carbonyl (C=O) groups is 1. The number of ketones is 1. The van der Waals surface area contributed by atoms with Gasteiger partial charge < -0.3 is 5.32 Å². The highest BCUT2D eigenvalue weighted by Gasteiger charge is 2.34. The van der Waals surface area contributed by atoms with Crippen LogP contribution < -0.4 is 5.32 Å². The summed E-state index contributed by atoms with van der Waals surface area (Å²) in [4.78, 5) is 12.1. The van der Waals surface area contributed by atoms with Crippen LogP contribution in [0, 0.1) is 5.92 Å². The van der Waals surface area contributed by atoms with Gasteiger partial charge in [0.2, 0.25) is 0 Å². The molecule has 2 atom stereocenters. The maximum atomic E-state index is 12.1. The lowest BCUT2D eigenvalue weighted by Gasteiger charge is -2.28. The molecule has 0 spiro atoms. The van der Waals surface area contributed by atoms with E-state index in [4.69, 9.17) is 0 Å². The van der Waals surface area contributed by atoms with E-state index in [-0.39, 0.29) is 5.78 Å². The van der Waals surface area contributed by atoms with Crippen LogP contribution in [0.25, 0.3) is 0 Å². The molecule has 2 fully saturated rings. The zero-order valence-electron chi connectivity index (χ0n) is 10.1. The van der Waals surface area contributed by atoms with Crippen molar-refractivity contribution in [1.82, 2.24) is 20.3 Å². The first kappa shape index (κ1) is 10.9. The van der Waals surface area contributed by atoms with Crippen LogP contribution in [-0.4, -0.2) is 32.9 Å². The molecule has 0 aromatic carbocycles. The molecular weight excluding hydrogens is 216 g/mol. The predicted octanol–water partition coefficient (Wildman–Crippen LogP) is 0.918. The fourth-order valence-corrected chi connectivity index (χ4v) is 3.25. The number of piperidine rings is 1. The summed E-state index contributed by atoms with van der Waals surface area (Å²) in [6.07, 6.45) is 7.07. The smallest absolute Gasteiger partial charge is 0.182 e. The van der Waals surface area contributed by atoms with E-state index in [1.54, 1.807) is 17.9 Å². The average molecular weight is 234 g/mol. The lowest BCUT2D eigenvalue weighted by molar-refractivity contribution is 0.0936. The standard InChI is InChI=1S/C12H18N4O/c1-16-11(7-13-15-16)12(17)6-8-4-9-2-3-10(5-8)14-9/h7-10,14H,2-6H2,1H3. The van der Waals surface area contributed by atoms with E-state index in [0.29, 0.717) is 30.1 Å². The molecule has 0 radical (unpaired) electrons. The van der Waals surface area contributed by atoms with Crippen molar-refractivity contribution < 1.29 is 4.79 Å². The minimum absolute atomic E-state index is 0.184. The van der Waals surface area contributed by atoms with Crippen LogP contribution in [-0.2, 0) is 7.05 Å². The van der Waals surface area contributed by atoms with Gasteiger partial charge in [0.25, 0.3) is 0 Å². The third-order valence-corrected chi connectivity index (χ3v) is 4.04. The highest BCUT2D eigenvalue weighted by molar-refractivity contribution is 5.94. The lowest BCUT2D eigenvalue weighted by atomic mass is 9.88. The molecule has 0 aliphatic carbocycles. The SMILES string of the molecule is Cn1nncc1C(=O)CC1CC2CCC(C1)N2. The Morgan fingerprint density at radius 2 is 2.18 bits per heavy atom. The summed E-state index contributed by atoms with van der Waals surface area (Å²) >= 11 is 0. The highest BCUT2D eigenvalue weighted by atomic mass is 16.1. The fraction of sp³-hybridized carbons (Fsp3) is 0.750. The molecule has 92 valence electrons. The molecule has 17 heavy (non-hydrogen) atoms. The Kier molecular flexibility index (Phi) is 2.70. The molecule has 3 rings (SSSR count). The predicted molar refractivity (Wildman–Crippen MR) is 62.6 cm³/mol. The molecule has 2 bridgehead atoms. The third-order valence-electron chi connectivity index (χ3n) is 4.04. The Morgan fingerprint density at radius 3 is 2.76 bits per heavy atom. The molecule has 0 amide bonds. The van der Waals surface area contributed by atoms with Crippen LogP contribution in [0.3, 0.4) is 0 Å². The van der Waals surface area contributed by atoms with Gasteiger partial charge in [-0.05, 0) is 31.6 Å². The van der Waals surface area contributed by atoms with E-state index in [9.17, 15) is 4.79 Å². The molecule has 2 unspecified atom stereocenters. The molecule has 0 saturated carbocycles. The molecular formula is C12H18N4O. The van der Waals surface area contributed by atoms with Crippen molar-refractivity contribution in [2.75, 3.05) is 0 Å². The number of nitrogens with one attached hydrogen (secondary N) is 1. The van der Waals surface area contributed by atoms with Gasteiger partial charge in [-0.3, -0.25) is 4.79 Å². The Morgan fingerprint density at radius 1 is 1.47 bits per heavy atom. The number of carbonyl (C=O) groups excluding carboxylic acids is 1. The summed E-state index contributed by atoms with van der Waals surface area (Å²) in [5, 5.41) is 11.2. The molecule has 1 aromatic rings. The summed E-state index contributed by atoms with van der Waals surface area (Å²) in [5.74, 6) is 0.722. The molecule has 1 aromatic heterocycles. The Balaban J connectivity index is 1.64. The van der Waals surface area contributed by atoms with E-state index in [2.05, 4.69) is 15.6 Å². The van der Waals surface area contributed by atoms with Crippen molar-refractivity contribution in [3.05, 3.63) is 11.9 Å². The van der Waals surface area contributed by atoms with Crippen molar-refractivity contribution in [3.63, 3.8) is 0 Å². The van der Waals surface area contributed by atoms with E-state index in [0.717, 1.165) is 12.8 Å². The first-order valence-corrected chi connectivity index (χ1v) is 6.36. The largest absolute Gasteiger partial charge is 0.311 e. The fourth-order valence-electron chi connectivity index (χ4n) is 3.25. The van der Waals surface area contributed by atoms with Crippen LogP contribution in [0.15, 0.2) is 6.20 Å². The molecule has 5 nitrogen and oxygen atoms in total. The number of Topliss-reactive ketones (excluding diaryl/α,β-unsaturated/α-hetero) is 1. The molecule has 2 aliphatic heterocycles. The maximum absolute atomic E-state index is 12.1. The summed E-state index contributed by atoms with van der Waals surface area (Å²) < 4.78 is 1.57. The Hall–Kier alpha value is -1.23. The zero-order chi connectivity index (χ0) is 11.8. The molecule has 1 N–H and O–H groups in total. The van der Waals surface area contributed by atoms with Gasteiger partial charge in [-0.25, -0.2) is 4.68 Å². The van der Waals surface area contributed by atoms with E-state index < -0.39 is 0 Å². The normalized spacial score (nSPS) is 31.7. The minimum atomic E-state index is 0.184. The zero-order valence-corrected chi connectivity index (χ0v) is 10.1. The number of aryl methyl sites for hydroxylation is 1. The topological polar surface area (TPSA) is 59.8 Å². The lowest BCUT2D eigenvalue weighted by Crippen LogP contribution is -2.38. The van der Waals surface area contributed by atoms with Gasteiger partial charge in [-0.15, -0.1) is 5.10 Å². The van der Waals surface area contributed by atoms with Gasteiger partial charge >= 0.3 is 0 Å². The quantitative estimate of drug-likeness (QED) is 0.790. The van der Waals surface area contributed by atoms with Gasteiger partial charge in [0.15, 0.2) is 5.78 Å². The maximum Gasteiger partial charge on any atom is 0.182 e. The van der Waals surface area contributed by atoms with Gasteiger partial charge in [-0.2, -0.15) is 0 Å². The van der Waals surface area contributed by atoms with Crippen molar-refractivity contribution in [2.24, 2.45) is 13.0 Å². The monoisotopic (exact) mass is 234 g/mol. The van der Waals surface area contributed by atoms with Crippen LogP contribution in [0.5, 0.6) is 0 Å². The Bertz CT molecular complexity index is 416. The molecule has 5 heteroatoms. The van der Waals surface area contributed by atoms with Gasteiger partial charge in [0.05, 0.1) is 6.20 Å². The van der Waals surface area contributed by atoms with Crippen LogP contribution in [0.1, 0.15) is 42.6 Å². The first-order valence-electron chi connectivity index (χ1n) is 6.36. The van der Waals surface area contributed by atoms with Crippen LogP contribution in [0.4, 0.5) is 0 Å². The first-order chi connectivity index (χ1) is 8.22. The van der Waals surface area contributed by atoms with Crippen molar-refractivity contribution in [3.8, 4) is 0 Å². The second-order valence-electron chi connectivity index (χ2n) is 5.35. The van der Waals surface area contributed by atoms with E-state index >= 15 is 0 Å². The van der Waals surface area contributed by atoms with Gasteiger partial charge in [0, 0.05) is 25.6 Å². The summed E-state index contributed by atoms with van der Waals surface area (Å²) in [5.41, 5.74) is 0.635.